The van der Waals surface area contributed by atoms with E-state index in [4.69, 9.17) is 4.74 Å². The van der Waals surface area contributed by atoms with Gasteiger partial charge in [0.15, 0.2) is 0 Å². The van der Waals surface area contributed by atoms with Crippen LogP contribution in [0, 0.1) is 0 Å². The SMILES string of the molecule is C=CCCCCCCCCC=CCCCNc1ccccc1CCC(=O)OCC. The number of nitrogens with one attached hydrogen (secondary N) is 1. The lowest BCUT2D eigenvalue weighted by atomic mass is 10.1. The quantitative estimate of drug-likeness (QED) is 0.161. The average molecular weight is 400 g/mol. The summed E-state index contributed by atoms with van der Waals surface area (Å²) in [6.07, 6.45) is 20.5. The maximum Gasteiger partial charge on any atom is 0.306 e. The Hall–Kier alpha value is -2.03. The van der Waals surface area contributed by atoms with E-state index in [-0.39, 0.29) is 5.97 Å². The number of hydrogen-bond donors (Lipinski definition) is 1. The fourth-order valence-corrected chi connectivity index (χ4v) is 3.32. The van der Waals surface area contributed by atoms with E-state index in [0.717, 1.165) is 37.9 Å². The lowest BCUT2D eigenvalue weighted by molar-refractivity contribution is -0.143. The Kier molecular flexibility index (Phi) is 15.5. The number of carbonyl (C=O) groups excluding carboxylic acids is 1. The highest BCUT2D eigenvalue weighted by molar-refractivity contribution is 5.70. The molecule has 0 aliphatic carbocycles. The van der Waals surface area contributed by atoms with E-state index in [2.05, 4.69) is 36.2 Å². The van der Waals surface area contributed by atoms with E-state index < -0.39 is 0 Å². The van der Waals surface area contributed by atoms with Crippen molar-refractivity contribution >= 4 is 11.7 Å². The van der Waals surface area contributed by atoms with Gasteiger partial charge in [0.25, 0.3) is 0 Å². The van der Waals surface area contributed by atoms with E-state index in [9.17, 15) is 4.79 Å². The molecule has 0 aliphatic rings. The first-order chi connectivity index (χ1) is 14.3. The molecule has 3 nitrogen and oxygen atoms in total. The third kappa shape index (κ3) is 13.7. The van der Waals surface area contributed by atoms with Crippen molar-refractivity contribution in [3.63, 3.8) is 0 Å². The fraction of sp³-hybridized carbons (Fsp3) is 0.577. The van der Waals surface area contributed by atoms with Gasteiger partial charge in [-0.2, -0.15) is 0 Å². The number of carbonyl (C=O) groups is 1. The normalized spacial score (nSPS) is 10.9. The van der Waals surface area contributed by atoms with Gasteiger partial charge >= 0.3 is 5.97 Å². The first-order valence-electron chi connectivity index (χ1n) is 11.5. The van der Waals surface area contributed by atoms with Crippen LogP contribution < -0.4 is 5.32 Å². The van der Waals surface area contributed by atoms with Crippen LogP contribution in [-0.2, 0) is 16.0 Å². The maximum atomic E-state index is 11.6. The summed E-state index contributed by atoms with van der Waals surface area (Å²) < 4.78 is 5.02. The van der Waals surface area contributed by atoms with Gasteiger partial charge < -0.3 is 10.1 Å². The molecule has 0 saturated carbocycles. The molecule has 3 heteroatoms. The van der Waals surface area contributed by atoms with Crippen LogP contribution in [0.25, 0.3) is 0 Å². The molecule has 0 aromatic heterocycles. The lowest BCUT2D eigenvalue weighted by Gasteiger charge is -2.11. The van der Waals surface area contributed by atoms with E-state index in [1.165, 1.54) is 50.5 Å². The second kappa shape index (κ2) is 18.0. The Bertz CT molecular complexity index is 580. The van der Waals surface area contributed by atoms with Crippen LogP contribution in [0.4, 0.5) is 5.69 Å². The first kappa shape index (κ1) is 25.0. The largest absolute Gasteiger partial charge is 0.466 e. The molecule has 162 valence electrons. The number of allylic oxidation sites excluding steroid dienone is 3. The highest BCUT2D eigenvalue weighted by atomic mass is 16.5. The molecule has 0 amide bonds. The molecule has 0 aliphatic heterocycles. The summed E-state index contributed by atoms with van der Waals surface area (Å²) in [6.45, 7) is 7.00. The number of rotatable bonds is 18. The van der Waals surface area contributed by atoms with Gasteiger partial charge in [-0.05, 0) is 63.5 Å². The lowest BCUT2D eigenvalue weighted by Crippen LogP contribution is -2.08. The number of benzene rings is 1. The Labute approximate surface area is 178 Å². The standard InChI is InChI=1S/C26H41NO2/c1-3-5-6-7-8-9-10-11-12-13-14-15-18-23-27-25-20-17-16-19-24(25)21-22-26(28)29-4-2/h3,13-14,16-17,19-20,27H,1,4-12,15,18,21-23H2,2H3. The van der Waals surface area contributed by atoms with E-state index >= 15 is 0 Å². The fourth-order valence-electron chi connectivity index (χ4n) is 3.32. The highest BCUT2D eigenvalue weighted by Crippen LogP contribution is 2.17. The van der Waals surface area contributed by atoms with Crippen molar-refractivity contribution < 1.29 is 9.53 Å². The smallest absolute Gasteiger partial charge is 0.306 e. The van der Waals surface area contributed by atoms with Crippen LogP contribution in [-0.4, -0.2) is 19.1 Å². The van der Waals surface area contributed by atoms with Crippen LogP contribution >= 0.6 is 0 Å². The van der Waals surface area contributed by atoms with Gasteiger partial charge in [0, 0.05) is 18.7 Å². The zero-order valence-corrected chi connectivity index (χ0v) is 18.5. The number of esters is 1. The number of anilines is 1. The van der Waals surface area contributed by atoms with Gasteiger partial charge in [-0.1, -0.05) is 62.1 Å². The Morgan fingerprint density at radius 1 is 0.966 bits per heavy atom. The van der Waals surface area contributed by atoms with Crippen molar-refractivity contribution in [2.75, 3.05) is 18.5 Å². The third-order valence-electron chi connectivity index (χ3n) is 4.98. The molecule has 0 saturated heterocycles. The molecule has 0 fully saturated rings. The molecule has 0 spiro atoms. The van der Waals surface area contributed by atoms with Gasteiger partial charge in [-0.25, -0.2) is 0 Å². The summed E-state index contributed by atoms with van der Waals surface area (Å²) in [5.41, 5.74) is 2.31. The summed E-state index contributed by atoms with van der Waals surface area (Å²) in [5, 5.41) is 3.52. The molecule has 0 radical (unpaired) electrons. The zero-order chi connectivity index (χ0) is 21.0. The van der Waals surface area contributed by atoms with Gasteiger partial charge in [0.05, 0.1) is 6.61 Å². The minimum absolute atomic E-state index is 0.125. The van der Waals surface area contributed by atoms with E-state index in [1.54, 1.807) is 0 Å². The van der Waals surface area contributed by atoms with Gasteiger partial charge in [0.1, 0.15) is 0 Å². The Balaban J connectivity index is 2.07. The van der Waals surface area contributed by atoms with Crippen molar-refractivity contribution in [3.05, 3.63) is 54.6 Å². The Morgan fingerprint density at radius 2 is 1.62 bits per heavy atom. The van der Waals surface area contributed by atoms with Crippen LogP contribution in [0.1, 0.15) is 83.1 Å². The number of hydrogen-bond acceptors (Lipinski definition) is 3. The van der Waals surface area contributed by atoms with Gasteiger partial charge in [0.2, 0.25) is 0 Å². The molecule has 1 N–H and O–H groups in total. The van der Waals surface area contributed by atoms with E-state index in [1.807, 2.05) is 25.1 Å². The van der Waals surface area contributed by atoms with Gasteiger partial charge in [-0.15, -0.1) is 6.58 Å². The van der Waals surface area contributed by atoms with Crippen molar-refractivity contribution in [2.24, 2.45) is 0 Å². The number of aryl methyl sites for hydroxylation is 1. The van der Waals surface area contributed by atoms with Crippen molar-refractivity contribution in [1.82, 2.24) is 0 Å². The summed E-state index contributed by atoms with van der Waals surface area (Å²) >= 11 is 0. The molecule has 0 bridgehead atoms. The van der Waals surface area contributed by atoms with Crippen molar-refractivity contribution in [3.8, 4) is 0 Å². The van der Waals surface area contributed by atoms with Crippen LogP contribution in [0.2, 0.25) is 0 Å². The molecule has 0 heterocycles. The molecule has 1 rings (SSSR count). The summed E-state index contributed by atoms with van der Waals surface area (Å²) in [6, 6.07) is 8.24. The molecular weight excluding hydrogens is 358 g/mol. The second-order valence-corrected chi connectivity index (χ2v) is 7.49. The molecule has 0 atom stereocenters. The number of unbranched alkanes of at least 4 members (excludes halogenated alkanes) is 8. The Morgan fingerprint density at radius 3 is 2.34 bits per heavy atom. The minimum atomic E-state index is -0.125. The monoisotopic (exact) mass is 399 g/mol. The van der Waals surface area contributed by atoms with Gasteiger partial charge in [-0.3, -0.25) is 4.79 Å². The van der Waals surface area contributed by atoms with Crippen LogP contribution in [0.5, 0.6) is 0 Å². The van der Waals surface area contributed by atoms with Crippen LogP contribution in [0.3, 0.4) is 0 Å². The van der Waals surface area contributed by atoms with Crippen molar-refractivity contribution in [2.45, 2.75) is 84.0 Å². The summed E-state index contributed by atoms with van der Waals surface area (Å²) in [7, 11) is 0. The highest BCUT2D eigenvalue weighted by Gasteiger charge is 2.06. The second-order valence-electron chi connectivity index (χ2n) is 7.49. The molecular formula is C26H41NO2. The minimum Gasteiger partial charge on any atom is -0.466 e. The zero-order valence-electron chi connectivity index (χ0n) is 18.5. The number of ether oxygens (including phenoxy) is 1. The number of para-hydroxylation sites is 1. The topological polar surface area (TPSA) is 38.3 Å². The summed E-state index contributed by atoms with van der Waals surface area (Å²) in [4.78, 5) is 11.6. The van der Waals surface area contributed by atoms with E-state index in [0.29, 0.717) is 13.0 Å². The molecule has 1 aromatic rings. The predicted octanol–water partition coefficient (Wildman–Crippen LogP) is 7.24. The maximum absolute atomic E-state index is 11.6. The molecule has 0 unspecified atom stereocenters. The van der Waals surface area contributed by atoms with Crippen molar-refractivity contribution in [1.29, 1.82) is 0 Å². The molecule has 29 heavy (non-hydrogen) atoms. The third-order valence-corrected chi connectivity index (χ3v) is 4.98. The summed E-state index contributed by atoms with van der Waals surface area (Å²) in [5.74, 6) is -0.125. The predicted molar refractivity (Wildman–Crippen MR) is 125 cm³/mol. The first-order valence-corrected chi connectivity index (χ1v) is 11.5. The molecule has 1 aromatic carbocycles. The average Bonchev–Trinajstić information content (AvgIpc) is 2.73. The van der Waals surface area contributed by atoms with Crippen LogP contribution in [0.15, 0.2) is 49.1 Å².